The number of sulfone groups is 1. The Morgan fingerprint density at radius 3 is 2.45 bits per heavy atom. The Kier molecular flexibility index (Phi) is 3.21. The Morgan fingerprint density at radius 2 is 2.05 bits per heavy atom. The van der Waals surface area contributed by atoms with Crippen LogP contribution in [0.1, 0.15) is 13.8 Å². The summed E-state index contributed by atoms with van der Waals surface area (Å²) in [5, 5.41) is 2.93. The van der Waals surface area contributed by atoms with Gasteiger partial charge in [-0.2, -0.15) is 13.2 Å². The van der Waals surface area contributed by atoms with E-state index in [1.54, 1.807) is 13.8 Å². The highest BCUT2D eigenvalue weighted by Gasteiger charge is 2.50. The molecule has 0 spiro atoms. The highest BCUT2D eigenvalue weighted by atomic mass is 32.2. The van der Waals surface area contributed by atoms with Crippen molar-refractivity contribution in [1.29, 1.82) is 0 Å². The molecule has 112 valence electrons. The van der Waals surface area contributed by atoms with Gasteiger partial charge in [-0.15, -0.1) is 0 Å². The fraction of sp³-hybridized carbons (Fsp3) is 0.600. The number of hydrogen-bond acceptors (Lipinski definition) is 5. The Morgan fingerprint density at radius 1 is 1.45 bits per heavy atom. The number of nitrogens with one attached hydrogen (secondary N) is 1. The van der Waals surface area contributed by atoms with Crippen LogP contribution >= 0.6 is 0 Å². The summed E-state index contributed by atoms with van der Waals surface area (Å²) < 4.78 is 62.7. The van der Waals surface area contributed by atoms with Crippen LogP contribution in [-0.4, -0.2) is 37.7 Å². The van der Waals surface area contributed by atoms with E-state index < -0.39 is 33.1 Å². The van der Waals surface area contributed by atoms with Gasteiger partial charge >= 0.3 is 6.18 Å². The molecule has 0 bridgehead atoms. The van der Waals surface area contributed by atoms with Crippen molar-refractivity contribution in [3.05, 3.63) is 22.5 Å². The van der Waals surface area contributed by atoms with Crippen LogP contribution in [0.25, 0.3) is 0 Å². The monoisotopic (exact) mass is 312 g/mol. The molecule has 0 aromatic rings. The number of nitrogens with zero attached hydrogens (tertiary/aromatic N) is 2. The molecule has 1 N–H and O–H groups in total. The van der Waals surface area contributed by atoms with Crippen LogP contribution < -0.4 is 5.48 Å². The van der Waals surface area contributed by atoms with E-state index in [1.807, 2.05) is 0 Å². The highest BCUT2D eigenvalue weighted by Crippen LogP contribution is 2.36. The Bertz CT molecular complexity index is 644. The van der Waals surface area contributed by atoms with Gasteiger partial charge in [-0.3, -0.25) is 10.3 Å². The van der Waals surface area contributed by atoms with Crippen molar-refractivity contribution in [3.63, 3.8) is 0 Å². The highest BCUT2D eigenvalue weighted by molar-refractivity contribution is 7.95. The van der Waals surface area contributed by atoms with Gasteiger partial charge in [0, 0.05) is 5.11 Å². The first-order valence-corrected chi connectivity index (χ1v) is 7.23. The molecule has 6 nitrogen and oxygen atoms in total. The van der Waals surface area contributed by atoms with Crippen molar-refractivity contribution in [2.75, 3.05) is 12.8 Å². The van der Waals surface area contributed by atoms with Crippen LogP contribution in [0.3, 0.4) is 0 Å². The lowest BCUT2D eigenvalue weighted by Crippen LogP contribution is -2.31. The van der Waals surface area contributed by atoms with Crippen molar-refractivity contribution >= 4 is 9.84 Å². The molecule has 0 aliphatic carbocycles. The van der Waals surface area contributed by atoms with E-state index in [1.165, 1.54) is 13.1 Å². The van der Waals surface area contributed by atoms with E-state index in [0.29, 0.717) is 0 Å². The molecule has 2 aliphatic heterocycles. The normalized spacial score (nSPS) is 22.1. The lowest BCUT2D eigenvalue weighted by atomic mass is 10.1. The first kappa shape index (κ1) is 15.0. The van der Waals surface area contributed by atoms with E-state index >= 15 is 0 Å². The van der Waals surface area contributed by atoms with Crippen LogP contribution in [0.15, 0.2) is 27.6 Å². The minimum atomic E-state index is -4.66. The van der Waals surface area contributed by atoms with Crippen LogP contribution in [0.4, 0.5) is 13.2 Å². The van der Waals surface area contributed by atoms with Gasteiger partial charge in [-0.1, -0.05) is 4.70 Å². The Balaban J connectivity index is 2.27. The van der Waals surface area contributed by atoms with Gasteiger partial charge in [0.15, 0.2) is 12.1 Å². The fourth-order valence-corrected chi connectivity index (χ4v) is 3.20. The number of hydrogen-bond donors (Lipinski definition) is 1. The molecule has 20 heavy (non-hydrogen) atoms. The number of halogens is 3. The van der Waals surface area contributed by atoms with Gasteiger partial charge in [0.05, 0.1) is 0 Å². The van der Waals surface area contributed by atoms with Gasteiger partial charge < -0.3 is 0 Å². The summed E-state index contributed by atoms with van der Waals surface area (Å²) in [5.41, 5.74) is -0.153. The summed E-state index contributed by atoms with van der Waals surface area (Å²) in [6.45, 7) is 3.24. The molecule has 0 amide bonds. The summed E-state index contributed by atoms with van der Waals surface area (Å²) in [5.74, 6) is -0.792. The van der Waals surface area contributed by atoms with Crippen LogP contribution in [-0.2, 0) is 14.7 Å². The average molecular weight is 312 g/mol. The molecule has 0 aromatic carbocycles. The van der Waals surface area contributed by atoms with E-state index in [0.717, 1.165) is 4.70 Å². The van der Waals surface area contributed by atoms with Gasteiger partial charge in [0.1, 0.15) is 11.4 Å². The zero-order valence-corrected chi connectivity index (χ0v) is 11.8. The molecular weight excluding hydrogens is 299 g/mol. The zero-order valence-electron chi connectivity index (χ0n) is 10.9. The molecule has 2 rings (SSSR count). The van der Waals surface area contributed by atoms with E-state index in [4.69, 9.17) is 4.84 Å². The lowest BCUT2D eigenvalue weighted by molar-refractivity contribution is -0.541. The standard InChI is InChI=1S/C10H13F3N3O3S/c1-9(2)4-7(15-19-9)20(17,18)5-6-8(10(11,12)13)14-16(6)3/h4,15H,5H2,1-3H3/q+1. The van der Waals surface area contributed by atoms with Crippen molar-refractivity contribution in [2.45, 2.75) is 25.6 Å². The number of hydroxylamine groups is 1. The van der Waals surface area contributed by atoms with E-state index in [9.17, 15) is 21.6 Å². The molecule has 0 fully saturated rings. The predicted octanol–water partition coefficient (Wildman–Crippen LogP) is 1.44. The second-order valence-electron chi connectivity index (χ2n) is 4.99. The SMILES string of the molecule is C[N+]1=NC(C(F)(F)F)=C1CS(=O)(=O)C1=CC(C)(C)ON1. The molecule has 0 radical (unpaired) electrons. The minimum Gasteiger partial charge on any atom is -0.265 e. The second kappa shape index (κ2) is 4.29. The van der Waals surface area contributed by atoms with Gasteiger partial charge in [0.25, 0.3) is 11.4 Å². The third-order valence-corrected chi connectivity index (χ3v) is 4.26. The first-order chi connectivity index (χ1) is 8.92. The maximum atomic E-state index is 12.6. The summed E-state index contributed by atoms with van der Waals surface area (Å²) >= 11 is 0. The van der Waals surface area contributed by atoms with Crippen molar-refractivity contribution < 1.29 is 31.1 Å². The van der Waals surface area contributed by atoms with Gasteiger partial charge in [-0.05, 0) is 19.9 Å². The quantitative estimate of drug-likeness (QED) is 0.801. The molecular formula is C10H13F3N3O3S+. The third kappa shape index (κ3) is 2.70. The van der Waals surface area contributed by atoms with Crippen LogP contribution in [0.2, 0.25) is 0 Å². The Hall–Kier alpha value is -1.42. The van der Waals surface area contributed by atoms with Crippen molar-refractivity contribution in [2.24, 2.45) is 5.11 Å². The van der Waals surface area contributed by atoms with Crippen LogP contribution in [0, 0.1) is 0 Å². The second-order valence-corrected chi connectivity index (χ2v) is 6.95. The number of alkyl halides is 3. The molecule has 0 aromatic heterocycles. The molecule has 0 atom stereocenters. The largest absolute Gasteiger partial charge is 0.445 e. The minimum absolute atomic E-state index is 0.239. The Labute approximate surface area is 113 Å². The number of rotatable bonds is 3. The molecule has 2 heterocycles. The van der Waals surface area contributed by atoms with Crippen molar-refractivity contribution in [1.82, 2.24) is 5.48 Å². The topological polar surface area (TPSA) is 70.8 Å². The molecule has 10 heteroatoms. The zero-order chi connectivity index (χ0) is 15.3. The first-order valence-electron chi connectivity index (χ1n) is 5.58. The summed E-state index contributed by atoms with van der Waals surface area (Å²) in [6, 6.07) is 0. The van der Waals surface area contributed by atoms with Crippen LogP contribution in [0.5, 0.6) is 0 Å². The maximum Gasteiger partial charge on any atom is 0.445 e. The predicted molar refractivity (Wildman–Crippen MR) is 61.9 cm³/mol. The number of allylic oxidation sites excluding steroid dienone is 1. The summed E-state index contributed by atoms with van der Waals surface area (Å²) in [7, 11) is -2.69. The van der Waals surface area contributed by atoms with E-state index in [2.05, 4.69) is 10.6 Å². The fourth-order valence-electron chi connectivity index (χ4n) is 1.73. The average Bonchev–Trinajstić information content (AvgIpc) is 2.63. The van der Waals surface area contributed by atoms with Gasteiger partial charge in [0.2, 0.25) is 9.84 Å². The third-order valence-electron chi connectivity index (χ3n) is 2.74. The molecule has 0 saturated heterocycles. The molecule has 0 unspecified atom stereocenters. The van der Waals surface area contributed by atoms with Crippen molar-refractivity contribution in [3.8, 4) is 0 Å². The lowest BCUT2D eigenvalue weighted by Gasteiger charge is -2.14. The smallest absolute Gasteiger partial charge is 0.265 e. The van der Waals surface area contributed by atoms with E-state index in [-0.39, 0.29) is 10.7 Å². The van der Waals surface area contributed by atoms with Gasteiger partial charge in [-0.25, -0.2) is 8.42 Å². The number of azo groups is 2. The molecule has 0 saturated carbocycles. The summed E-state index contributed by atoms with van der Waals surface area (Å²) in [6.07, 6.45) is -3.35. The summed E-state index contributed by atoms with van der Waals surface area (Å²) in [4.78, 5) is 5.00. The maximum absolute atomic E-state index is 12.6. The molecule has 2 aliphatic rings.